The lowest BCUT2D eigenvalue weighted by Gasteiger charge is -2.28. The molecule has 4 aromatic rings. The van der Waals surface area contributed by atoms with E-state index < -0.39 is 36.1 Å². The molecule has 6 N–H and O–H groups in total. The molecule has 0 fully saturated rings. The van der Waals surface area contributed by atoms with Crippen LogP contribution in [0.2, 0.25) is 0 Å². The number of carboxylic acid groups (broad SMARTS) is 2. The second kappa shape index (κ2) is 24.0. The number of ether oxygens (including phenoxy) is 4. The molecule has 4 atom stereocenters. The van der Waals surface area contributed by atoms with Crippen molar-refractivity contribution in [3.8, 4) is 0 Å². The first-order valence-corrected chi connectivity index (χ1v) is 16.9. The van der Waals surface area contributed by atoms with Crippen LogP contribution in [-0.2, 0) is 51.0 Å². The molecule has 0 amide bonds. The van der Waals surface area contributed by atoms with Crippen LogP contribution in [0.4, 0.5) is 0 Å². The maximum Gasteiger partial charge on any atom is 0.365 e. The van der Waals surface area contributed by atoms with Gasteiger partial charge in [-0.2, -0.15) is 0 Å². The number of hydrogen-bond donors (Lipinski definition) is 2. The molecule has 0 radical (unpaired) electrons. The number of carboxylic acids is 2. The van der Waals surface area contributed by atoms with E-state index in [1.807, 2.05) is 60.7 Å². The van der Waals surface area contributed by atoms with Crippen molar-refractivity contribution in [2.75, 3.05) is 13.2 Å². The monoisotopic (exact) mass is 744 g/mol. The largest absolute Gasteiger partial charge is 0.546 e. The van der Waals surface area contributed by atoms with Gasteiger partial charge in [0.15, 0.2) is 24.3 Å². The van der Waals surface area contributed by atoms with Crippen molar-refractivity contribution in [1.29, 1.82) is 0 Å². The lowest BCUT2D eigenvalue weighted by molar-refractivity contribution is -0.408. The summed E-state index contributed by atoms with van der Waals surface area (Å²) in [7, 11) is 0. The molecule has 54 heavy (non-hydrogen) atoms. The zero-order valence-electron chi connectivity index (χ0n) is 30.0. The van der Waals surface area contributed by atoms with Crippen LogP contribution in [-0.4, -0.2) is 73.3 Å². The number of benzene rings is 4. The molecule has 0 aromatic heterocycles. The second-order valence-electron chi connectivity index (χ2n) is 11.3. The molecule has 4 rings (SSSR count). The fraction of sp³-hybridized carbons (Fsp3) is 0.250. The maximum atomic E-state index is 12.0. The molecule has 0 aliphatic heterocycles. The van der Waals surface area contributed by atoms with Gasteiger partial charge in [0.05, 0.1) is 36.3 Å². The predicted octanol–water partition coefficient (Wildman–Crippen LogP) is -0.257. The molecule has 0 saturated carbocycles. The molecule has 286 valence electrons. The van der Waals surface area contributed by atoms with E-state index in [9.17, 15) is 39.0 Å². The van der Waals surface area contributed by atoms with E-state index in [0.717, 1.165) is 11.1 Å². The minimum absolute atomic E-state index is 0.0229. The molecule has 0 aliphatic carbocycles. The summed E-state index contributed by atoms with van der Waals surface area (Å²) in [6.45, 7) is 4.43. The third-order valence-electron chi connectivity index (χ3n) is 7.12. The Morgan fingerprint density at radius 1 is 0.500 bits per heavy atom. The highest BCUT2D eigenvalue weighted by Gasteiger charge is 2.32. The van der Waals surface area contributed by atoms with Crippen LogP contribution < -0.4 is 21.7 Å². The molecule has 0 spiro atoms. The third kappa shape index (κ3) is 15.9. The van der Waals surface area contributed by atoms with Gasteiger partial charge < -0.3 is 50.2 Å². The zero-order chi connectivity index (χ0) is 39.9. The highest BCUT2D eigenvalue weighted by Crippen LogP contribution is 2.12. The van der Waals surface area contributed by atoms with Crippen LogP contribution in [0.3, 0.4) is 0 Å². The summed E-state index contributed by atoms with van der Waals surface area (Å²) in [6, 6.07) is 33.6. The molecule has 0 unspecified atom stereocenters. The van der Waals surface area contributed by atoms with Crippen molar-refractivity contribution < 1.29 is 69.4 Å². The van der Waals surface area contributed by atoms with Gasteiger partial charge in [0.25, 0.3) is 0 Å². The van der Waals surface area contributed by atoms with Crippen LogP contribution in [0, 0.1) is 0 Å². The van der Waals surface area contributed by atoms with Gasteiger partial charge >= 0.3 is 23.9 Å². The van der Waals surface area contributed by atoms with Crippen LogP contribution in [0.15, 0.2) is 121 Å². The van der Waals surface area contributed by atoms with E-state index >= 15 is 0 Å². The predicted molar refractivity (Wildman–Crippen MR) is 188 cm³/mol. The molecule has 14 heteroatoms. The molecule has 0 heterocycles. The number of carbonyl (C=O) groups excluding carboxylic acids is 6. The average Bonchev–Trinajstić information content (AvgIpc) is 3.18. The Balaban J connectivity index is 0.000000305. The second-order valence-corrected chi connectivity index (χ2v) is 11.3. The third-order valence-corrected chi connectivity index (χ3v) is 7.12. The van der Waals surface area contributed by atoms with Gasteiger partial charge in [0.1, 0.15) is 0 Å². The summed E-state index contributed by atoms with van der Waals surface area (Å²) in [4.78, 5) is 69.0. The summed E-state index contributed by atoms with van der Waals surface area (Å²) in [5.74, 6) is -6.80. The van der Waals surface area contributed by atoms with Crippen LogP contribution in [0.25, 0.3) is 0 Å². The fourth-order valence-corrected chi connectivity index (χ4v) is 4.47. The first kappa shape index (κ1) is 43.8. The highest BCUT2D eigenvalue weighted by molar-refractivity contribution is 5.94. The van der Waals surface area contributed by atoms with Crippen molar-refractivity contribution >= 4 is 35.8 Å². The van der Waals surface area contributed by atoms with Gasteiger partial charge in [0, 0.05) is 12.8 Å². The molecular weight excluding hydrogens is 700 g/mol. The average molecular weight is 745 g/mol. The summed E-state index contributed by atoms with van der Waals surface area (Å²) in [5, 5.41) is 22.5. The standard InChI is InChI=1S/C18H14O8.2C11H15NO2/c19-15(20)13(25-17(23)11-7-3-1-4-8-11)14(16(21)22)26-18(24)12-9-5-2-6-10-12;2*1-2-14-11(13)10(12)8-9-6-4-3-5-7-9/h1-10,13-14H,(H,19,20)(H,21,22);2*3-7,10H,2,8,12H2,1H3/t13-,14-;2*10-/m111/s1. The van der Waals surface area contributed by atoms with E-state index in [0.29, 0.717) is 26.1 Å². The lowest BCUT2D eigenvalue weighted by atomic mass is 10.1. The molecule has 14 nitrogen and oxygen atoms in total. The summed E-state index contributed by atoms with van der Waals surface area (Å²) in [6.07, 6.45) is -3.50. The van der Waals surface area contributed by atoms with E-state index in [1.54, 1.807) is 26.0 Å². The minimum atomic E-state index is -2.39. The van der Waals surface area contributed by atoms with E-state index in [-0.39, 0.29) is 35.1 Å². The van der Waals surface area contributed by atoms with Crippen molar-refractivity contribution in [3.05, 3.63) is 144 Å². The van der Waals surface area contributed by atoms with E-state index in [4.69, 9.17) is 9.47 Å². The molecular formula is C40H44N2O12. The summed E-state index contributed by atoms with van der Waals surface area (Å²) >= 11 is 0. The minimum Gasteiger partial charge on any atom is -0.546 e. The number of rotatable bonds is 15. The molecule has 0 saturated heterocycles. The SMILES string of the molecule is CCOC(=O)[C@H]([NH3+])Cc1ccccc1.CCOC(=O)[C@H]([NH3+])Cc1ccccc1.O=C(O[C@@H](C(=O)[O-])[C@@H](OC(=O)c1ccccc1)C(=O)[O-])c1ccccc1. The maximum absolute atomic E-state index is 12.0. The number of esters is 4. The topological polar surface area (TPSA) is 241 Å². The van der Waals surface area contributed by atoms with E-state index in [2.05, 4.69) is 20.9 Å². The van der Waals surface area contributed by atoms with Crippen LogP contribution >= 0.6 is 0 Å². The van der Waals surface area contributed by atoms with Gasteiger partial charge in [-0.3, -0.25) is 0 Å². The fourth-order valence-electron chi connectivity index (χ4n) is 4.47. The van der Waals surface area contributed by atoms with Crippen molar-refractivity contribution in [2.45, 2.75) is 51.0 Å². The van der Waals surface area contributed by atoms with Gasteiger partial charge in [0.2, 0.25) is 0 Å². The summed E-state index contributed by atoms with van der Waals surface area (Å²) in [5.41, 5.74) is 9.73. The van der Waals surface area contributed by atoms with Crippen molar-refractivity contribution in [1.82, 2.24) is 0 Å². The van der Waals surface area contributed by atoms with Crippen molar-refractivity contribution in [3.63, 3.8) is 0 Å². The summed E-state index contributed by atoms with van der Waals surface area (Å²) < 4.78 is 19.1. The van der Waals surface area contributed by atoms with Crippen LogP contribution in [0.1, 0.15) is 45.7 Å². The Hall–Kier alpha value is -6.38. The number of aliphatic carboxylic acids is 2. The number of hydrogen-bond acceptors (Lipinski definition) is 12. The molecule has 0 bridgehead atoms. The van der Waals surface area contributed by atoms with Gasteiger partial charge in [-0.05, 0) is 49.2 Å². The van der Waals surface area contributed by atoms with E-state index in [1.165, 1.54) is 48.5 Å². The Bertz CT molecular complexity index is 1630. The first-order valence-electron chi connectivity index (χ1n) is 16.9. The van der Waals surface area contributed by atoms with Crippen LogP contribution in [0.5, 0.6) is 0 Å². The van der Waals surface area contributed by atoms with Gasteiger partial charge in [-0.25, -0.2) is 19.2 Å². The normalized spacial score (nSPS) is 12.3. The number of quaternary nitrogens is 2. The Morgan fingerprint density at radius 3 is 1.04 bits per heavy atom. The smallest absolute Gasteiger partial charge is 0.365 e. The zero-order valence-corrected chi connectivity index (χ0v) is 30.0. The highest BCUT2D eigenvalue weighted by atomic mass is 16.6. The van der Waals surface area contributed by atoms with Gasteiger partial charge in [-0.1, -0.05) is 97.1 Å². The lowest BCUT2D eigenvalue weighted by Crippen LogP contribution is -2.66. The van der Waals surface area contributed by atoms with Gasteiger partial charge in [-0.15, -0.1) is 0 Å². The Morgan fingerprint density at radius 2 is 0.778 bits per heavy atom. The molecule has 4 aromatic carbocycles. The number of carbonyl (C=O) groups is 6. The molecule has 0 aliphatic rings. The first-order chi connectivity index (χ1) is 25.9. The van der Waals surface area contributed by atoms with Crippen molar-refractivity contribution in [2.24, 2.45) is 0 Å². The quantitative estimate of drug-likeness (QED) is 0.118. The Kier molecular flexibility index (Phi) is 19.4. The Labute approximate surface area is 312 Å².